The molecule has 3 aromatic heterocycles. The van der Waals surface area contributed by atoms with Gasteiger partial charge in [0.25, 0.3) is 5.97 Å². The van der Waals surface area contributed by atoms with Gasteiger partial charge in [0.2, 0.25) is 0 Å². The fraction of sp³-hybridized carbons (Fsp3) is 0.0833. The molecular formula is C24H21N3O2. The standard InChI is InChI=1S/C22H17N3.C2H4O2/c1-16-8-10-17(11-9-16)18-14-21(19-6-2-4-12-23-19)25-22(15-18)20-7-3-5-13-24-20;1-2(3)4/h2-15H,1H3;1H3,(H,3,4). The zero-order chi connectivity index (χ0) is 20.6. The number of rotatable bonds is 3. The molecule has 0 aliphatic carbocycles. The van der Waals surface area contributed by atoms with Gasteiger partial charge in [0.15, 0.2) is 0 Å². The Kier molecular flexibility index (Phi) is 6.43. The molecule has 3 heterocycles. The summed E-state index contributed by atoms with van der Waals surface area (Å²) >= 11 is 0. The van der Waals surface area contributed by atoms with Gasteiger partial charge in [0.05, 0.1) is 22.8 Å². The first-order valence-electron chi connectivity index (χ1n) is 9.14. The average Bonchev–Trinajstić information content (AvgIpc) is 2.75. The molecule has 0 saturated carbocycles. The highest BCUT2D eigenvalue weighted by Gasteiger charge is 2.10. The summed E-state index contributed by atoms with van der Waals surface area (Å²) in [6.07, 6.45) is 3.58. The van der Waals surface area contributed by atoms with E-state index in [-0.39, 0.29) is 0 Å². The minimum Gasteiger partial charge on any atom is -0.481 e. The molecule has 4 rings (SSSR count). The van der Waals surface area contributed by atoms with Crippen LogP contribution in [0.5, 0.6) is 0 Å². The van der Waals surface area contributed by atoms with Crippen molar-refractivity contribution < 1.29 is 9.90 Å². The minimum atomic E-state index is -0.833. The minimum absolute atomic E-state index is 0.833. The Morgan fingerprint density at radius 3 is 1.62 bits per heavy atom. The molecule has 0 spiro atoms. The summed E-state index contributed by atoms with van der Waals surface area (Å²) in [6, 6.07) is 24.4. The van der Waals surface area contributed by atoms with Gasteiger partial charge in [0, 0.05) is 19.3 Å². The number of hydrogen-bond acceptors (Lipinski definition) is 4. The number of aliphatic carboxylic acids is 1. The Hall–Kier alpha value is -3.86. The van der Waals surface area contributed by atoms with Crippen LogP contribution in [0.2, 0.25) is 0 Å². The fourth-order valence-electron chi connectivity index (χ4n) is 2.73. The lowest BCUT2D eigenvalue weighted by Crippen LogP contribution is -1.93. The van der Waals surface area contributed by atoms with Gasteiger partial charge in [-0.25, -0.2) is 4.98 Å². The molecule has 29 heavy (non-hydrogen) atoms. The zero-order valence-electron chi connectivity index (χ0n) is 16.3. The van der Waals surface area contributed by atoms with Crippen molar-refractivity contribution in [1.29, 1.82) is 0 Å². The number of carboxylic acid groups (broad SMARTS) is 1. The monoisotopic (exact) mass is 383 g/mol. The normalized spacial score (nSPS) is 10.0. The summed E-state index contributed by atoms with van der Waals surface area (Å²) in [5.41, 5.74) is 6.91. The van der Waals surface area contributed by atoms with E-state index in [4.69, 9.17) is 14.9 Å². The number of benzene rings is 1. The quantitative estimate of drug-likeness (QED) is 0.521. The van der Waals surface area contributed by atoms with Gasteiger partial charge >= 0.3 is 0 Å². The van der Waals surface area contributed by atoms with Gasteiger partial charge in [-0.05, 0) is 54.4 Å². The van der Waals surface area contributed by atoms with Gasteiger partial charge in [-0.1, -0.05) is 42.0 Å². The summed E-state index contributed by atoms with van der Waals surface area (Å²) in [5.74, 6) is -0.833. The van der Waals surface area contributed by atoms with Crippen molar-refractivity contribution in [2.45, 2.75) is 13.8 Å². The molecule has 0 radical (unpaired) electrons. The van der Waals surface area contributed by atoms with E-state index < -0.39 is 5.97 Å². The molecule has 0 saturated heterocycles. The van der Waals surface area contributed by atoms with Crippen LogP contribution in [0.3, 0.4) is 0 Å². The summed E-state index contributed by atoms with van der Waals surface area (Å²) in [6.45, 7) is 3.18. The molecule has 1 N–H and O–H groups in total. The molecule has 4 aromatic rings. The van der Waals surface area contributed by atoms with Crippen LogP contribution in [-0.2, 0) is 4.79 Å². The largest absolute Gasteiger partial charge is 0.481 e. The second-order valence-corrected chi connectivity index (χ2v) is 6.44. The summed E-state index contributed by atoms with van der Waals surface area (Å²) in [4.78, 5) is 22.7. The molecule has 0 aliphatic heterocycles. The molecule has 0 unspecified atom stereocenters. The van der Waals surface area contributed by atoms with E-state index >= 15 is 0 Å². The predicted octanol–water partition coefficient (Wildman–Crippen LogP) is 5.27. The molecule has 0 aliphatic rings. The molecule has 0 bridgehead atoms. The van der Waals surface area contributed by atoms with Crippen LogP contribution in [0.15, 0.2) is 85.2 Å². The molecule has 0 fully saturated rings. The Morgan fingerprint density at radius 2 is 1.21 bits per heavy atom. The fourth-order valence-corrected chi connectivity index (χ4v) is 2.73. The summed E-state index contributed by atoms with van der Waals surface area (Å²) in [7, 11) is 0. The Balaban J connectivity index is 0.000000552. The van der Waals surface area contributed by atoms with Crippen molar-refractivity contribution in [3.05, 3.63) is 90.8 Å². The van der Waals surface area contributed by atoms with Crippen molar-refractivity contribution in [2.75, 3.05) is 0 Å². The number of carboxylic acids is 1. The average molecular weight is 383 g/mol. The van der Waals surface area contributed by atoms with Crippen LogP contribution in [0.4, 0.5) is 0 Å². The van der Waals surface area contributed by atoms with Crippen LogP contribution in [0, 0.1) is 6.92 Å². The van der Waals surface area contributed by atoms with Gasteiger partial charge in [-0.2, -0.15) is 0 Å². The SMILES string of the molecule is CC(=O)O.Cc1ccc(-c2cc(-c3ccccn3)nc(-c3ccccn3)c2)cc1. The third kappa shape index (κ3) is 5.56. The molecule has 0 atom stereocenters. The maximum atomic E-state index is 9.00. The van der Waals surface area contributed by atoms with E-state index in [2.05, 4.69) is 53.3 Å². The smallest absolute Gasteiger partial charge is 0.300 e. The van der Waals surface area contributed by atoms with Crippen LogP contribution >= 0.6 is 0 Å². The first-order valence-corrected chi connectivity index (χ1v) is 9.14. The Morgan fingerprint density at radius 1 is 0.724 bits per heavy atom. The van der Waals surface area contributed by atoms with Crippen molar-refractivity contribution in [2.24, 2.45) is 0 Å². The van der Waals surface area contributed by atoms with Crippen molar-refractivity contribution in [3.63, 3.8) is 0 Å². The zero-order valence-corrected chi connectivity index (χ0v) is 16.3. The van der Waals surface area contributed by atoms with E-state index in [1.165, 1.54) is 5.56 Å². The third-order valence-corrected chi connectivity index (χ3v) is 4.06. The number of aromatic nitrogens is 3. The van der Waals surface area contributed by atoms with Crippen molar-refractivity contribution in [3.8, 4) is 33.9 Å². The van der Waals surface area contributed by atoms with Crippen LogP contribution in [-0.4, -0.2) is 26.0 Å². The highest BCUT2D eigenvalue weighted by molar-refractivity contribution is 5.74. The number of carbonyl (C=O) groups is 1. The molecule has 144 valence electrons. The first kappa shape index (κ1) is 19.9. The van der Waals surface area contributed by atoms with Crippen molar-refractivity contribution >= 4 is 5.97 Å². The molecular weight excluding hydrogens is 362 g/mol. The second-order valence-electron chi connectivity index (χ2n) is 6.44. The number of pyridine rings is 3. The predicted molar refractivity (Wildman–Crippen MR) is 114 cm³/mol. The highest BCUT2D eigenvalue weighted by atomic mass is 16.4. The summed E-state index contributed by atoms with van der Waals surface area (Å²) in [5, 5.41) is 7.42. The van der Waals surface area contributed by atoms with Crippen LogP contribution < -0.4 is 0 Å². The van der Waals surface area contributed by atoms with Gasteiger partial charge in [-0.15, -0.1) is 0 Å². The first-order chi connectivity index (χ1) is 14.0. The number of hydrogen-bond donors (Lipinski definition) is 1. The lowest BCUT2D eigenvalue weighted by atomic mass is 10.0. The molecule has 0 amide bonds. The highest BCUT2D eigenvalue weighted by Crippen LogP contribution is 2.28. The topological polar surface area (TPSA) is 76.0 Å². The van der Waals surface area contributed by atoms with Gasteiger partial charge in [-0.3, -0.25) is 14.8 Å². The lowest BCUT2D eigenvalue weighted by Gasteiger charge is -2.09. The Bertz CT molecular complexity index is 1020. The Labute approximate surface area is 169 Å². The molecule has 1 aromatic carbocycles. The third-order valence-electron chi connectivity index (χ3n) is 4.06. The van der Waals surface area contributed by atoms with Gasteiger partial charge < -0.3 is 5.11 Å². The van der Waals surface area contributed by atoms with E-state index in [1.54, 1.807) is 12.4 Å². The summed E-state index contributed by atoms with van der Waals surface area (Å²) < 4.78 is 0. The second kappa shape index (κ2) is 9.37. The maximum absolute atomic E-state index is 9.00. The van der Waals surface area contributed by atoms with E-state index in [0.717, 1.165) is 40.8 Å². The molecule has 5 nitrogen and oxygen atoms in total. The van der Waals surface area contributed by atoms with E-state index in [1.807, 2.05) is 36.4 Å². The van der Waals surface area contributed by atoms with E-state index in [0.29, 0.717) is 0 Å². The van der Waals surface area contributed by atoms with E-state index in [9.17, 15) is 0 Å². The van der Waals surface area contributed by atoms with Crippen LogP contribution in [0.1, 0.15) is 12.5 Å². The molecule has 5 heteroatoms. The lowest BCUT2D eigenvalue weighted by molar-refractivity contribution is -0.134. The number of aryl methyl sites for hydroxylation is 1. The van der Waals surface area contributed by atoms with Crippen LogP contribution in [0.25, 0.3) is 33.9 Å². The van der Waals surface area contributed by atoms with Gasteiger partial charge in [0.1, 0.15) is 0 Å². The number of nitrogens with zero attached hydrogens (tertiary/aromatic N) is 3. The maximum Gasteiger partial charge on any atom is 0.300 e. The van der Waals surface area contributed by atoms with Crippen molar-refractivity contribution in [1.82, 2.24) is 15.0 Å².